The fourth-order valence-corrected chi connectivity index (χ4v) is 5.93. The Bertz CT molecular complexity index is 1160. The molecule has 144 valence electrons. The van der Waals surface area contributed by atoms with Crippen LogP contribution in [0.4, 0.5) is 5.69 Å². The molecule has 2 aliphatic rings. The van der Waals surface area contributed by atoms with E-state index in [1.807, 2.05) is 50.2 Å². The van der Waals surface area contributed by atoms with E-state index in [-0.39, 0.29) is 6.04 Å². The van der Waals surface area contributed by atoms with Crippen LogP contribution >= 0.6 is 0 Å². The van der Waals surface area contributed by atoms with Crippen LogP contribution in [0.25, 0.3) is 11.3 Å². The van der Waals surface area contributed by atoms with Gasteiger partial charge in [0.2, 0.25) is 0 Å². The van der Waals surface area contributed by atoms with Crippen LogP contribution < -0.4 is 4.31 Å². The maximum atomic E-state index is 13.6. The fraction of sp³-hybridized carbons (Fsp3) is 0.318. The first-order valence-corrected chi connectivity index (χ1v) is 11.1. The van der Waals surface area contributed by atoms with Crippen molar-refractivity contribution in [1.29, 1.82) is 0 Å². The van der Waals surface area contributed by atoms with Gasteiger partial charge in [-0.1, -0.05) is 30.3 Å². The van der Waals surface area contributed by atoms with Crippen LogP contribution in [-0.4, -0.2) is 19.4 Å². The highest BCUT2D eigenvalue weighted by molar-refractivity contribution is 7.93. The van der Waals surface area contributed by atoms with Crippen molar-refractivity contribution < 1.29 is 12.8 Å². The molecule has 28 heavy (non-hydrogen) atoms. The molecule has 1 atom stereocenters. The zero-order chi connectivity index (χ0) is 19.5. The third-order valence-electron chi connectivity index (χ3n) is 5.60. The second kappa shape index (κ2) is 6.21. The number of rotatable bonds is 4. The van der Waals surface area contributed by atoms with Gasteiger partial charge in [0.25, 0.3) is 10.0 Å². The first kappa shape index (κ1) is 17.5. The third kappa shape index (κ3) is 2.75. The van der Waals surface area contributed by atoms with Gasteiger partial charge in [0.1, 0.15) is 0 Å². The smallest absolute Gasteiger partial charge is 0.264 e. The number of para-hydroxylation sites is 1. The van der Waals surface area contributed by atoms with Crippen molar-refractivity contribution in [3.05, 3.63) is 65.7 Å². The van der Waals surface area contributed by atoms with E-state index in [0.29, 0.717) is 16.6 Å². The summed E-state index contributed by atoms with van der Waals surface area (Å²) in [4.78, 5) is 4.68. The molecular weight excluding hydrogens is 372 g/mol. The van der Waals surface area contributed by atoms with Gasteiger partial charge in [-0.3, -0.25) is 4.31 Å². The predicted octanol–water partition coefficient (Wildman–Crippen LogP) is 4.67. The Kier molecular flexibility index (Phi) is 3.88. The van der Waals surface area contributed by atoms with Crippen molar-refractivity contribution in [2.75, 3.05) is 4.31 Å². The molecule has 0 amide bonds. The molecular formula is C22H22N2O3S. The van der Waals surface area contributed by atoms with Gasteiger partial charge in [0.15, 0.2) is 11.7 Å². The number of aromatic nitrogens is 1. The minimum atomic E-state index is -3.69. The fourth-order valence-electron chi connectivity index (χ4n) is 3.98. The Morgan fingerprint density at radius 3 is 2.71 bits per heavy atom. The molecule has 0 radical (unpaired) electrons. The first-order chi connectivity index (χ1) is 13.4. The van der Waals surface area contributed by atoms with Crippen LogP contribution in [0.5, 0.6) is 0 Å². The van der Waals surface area contributed by atoms with Crippen LogP contribution in [0.1, 0.15) is 42.7 Å². The number of anilines is 1. The van der Waals surface area contributed by atoms with Gasteiger partial charge in [-0.2, -0.15) is 0 Å². The van der Waals surface area contributed by atoms with E-state index in [9.17, 15) is 8.42 Å². The summed E-state index contributed by atoms with van der Waals surface area (Å²) in [5.74, 6) is 1.79. The molecule has 1 fully saturated rings. The summed E-state index contributed by atoms with van der Waals surface area (Å²) < 4.78 is 34.7. The average Bonchev–Trinajstić information content (AvgIpc) is 3.29. The zero-order valence-electron chi connectivity index (χ0n) is 15.9. The van der Waals surface area contributed by atoms with E-state index < -0.39 is 10.0 Å². The molecule has 3 aromatic rings. The summed E-state index contributed by atoms with van der Waals surface area (Å²) in [6.07, 6.45) is 4.64. The predicted molar refractivity (Wildman–Crippen MR) is 108 cm³/mol. The lowest BCUT2D eigenvalue weighted by Crippen LogP contribution is -2.36. The van der Waals surface area contributed by atoms with Gasteiger partial charge >= 0.3 is 0 Å². The molecule has 0 unspecified atom stereocenters. The minimum absolute atomic E-state index is 0.114. The van der Waals surface area contributed by atoms with Crippen LogP contribution in [0.15, 0.2) is 58.0 Å². The molecule has 2 aromatic carbocycles. The largest absolute Gasteiger partial charge is 0.440 e. The number of oxazole rings is 1. The van der Waals surface area contributed by atoms with Gasteiger partial charge in [-0.25, -0.2) is 13.4 Å². The molecule has 5 rings (SSSR count). The van der Waals surface area contributed by atoms with E-state index in [4.69, 9.17) is 4.42 Å². The van der Waals surface area contributed by atoms with Crippen LogP contribution in [0.3, 0.4) is 0 Å². The summed E-state index contributed by atoms with van der Waals surface area (Å²) in [5, 5.41) is 0. The van der Waals surface area contributed by atoms with Crippen LogP contribution in [0, 0.1) is 6.92 Å². The molecule has 1 aliphatic carbocycles. The van der Waals surface area contributed by atoms with Crippen molar-refractivity contribution in [3.8, 4) is 11.3 Å². The van der Waals surface area contributed by atoms with Crippen molar-refractivity contribution >= 4 is 15.7 Å². The highest BCUT2D eigenvalue weighted by Gasteiger charge is 2.37. The number of hydrogen-bond acceptors (Lipinski definition) is 4. The summed E-state index contributed by atoms with van der Waals surface area (Å²) in [6, 6.07) is 13.1. The van der Waals surface area contributed by atoms with Crippen LogP contribution in [-0.2, 0) is 16.4 Å². The second-order valence-corrected chi connectivity index (χ2v) is 9.58. The van der Waals surface area contributed by atoms with Crippen molar-refractivity contribution in [3.63, 3.8) is 0 Å². The van der Waals surface area contributed by atoms with Crippen molar-refractivity contribution in [1.82, 2.24) is 4.98 Å². The zero-order valence-corrected chi connectivity index (χ0v) is 16.7. The Balaban J connectivity index is 1.58. The summed E-state index contributed by atoms with van der Waals surface area (Å²) in [6.45, 7) is 3.79. The maximum absolute atomic E-state index is 13.6. The lowest BCUT2D eigenvalue weighted by molar-refractivity contribution is 0.509. The molecule has 0 spiro atoms. The number of sulfonamides is 1. The molecule has 1 aliphatic heterocycles. The number of aryl methyl sites for hydroxylation is 1. The number of benzene rings is 2. The summed E-state index contributed by atoms with van der Waals surface area (Å²) in [5.41, 5.74) is 3.30. The number of hydrogen-bond donors (Lipinski definition) is 0. The highest BCUT2D eigenvalue weighted by Crippen LogP contribution is 2.41. The quantitative estimate of drug-likeness (QED) is 0.645. The molecule has 0 bridgehead atoms. The van der Waals surface area contributed by atoms with Gasteiger partial charge in [-0.05, 0) is 56.4 Å². The second-order valence-electron chi connectivity index (χ2n) is 7.80. The number of fused-ring (bicyclic) bond motifs is 1. The molecule has 2 heterocycles. The van der Waals surface area contributed by atoms with E-state index in [2.05, 4.69) is 4.98 Å². The lowest BCUT2D eigenvalue weighted by Gasteiger charge is -2.25. The normalized spacial score (nSPS) is 19.1. The van der Waals surface area contributed by atoms with Gasteiger partial charge in [-0.15, -0.1) is 0 Å². The first-order valence-electron chi connectivity index (χ1n) is 9.64. The topological polar surface area (TPSA) is 63.4 Å². The molecule has 1 aromatic heterocycles. The van der Waals surface area contributed by atoms with E-state index in [1.165, 1.54) is 0 Å². The van der Waals surface area contributed by atoms with Crippen LogP contribution in [0.2, 0.25) is 0 Å². The molecule has 0 saturated heterocycles. The molecule has 0 N–H and O–H groups in total. The van der Waals surface area contributed by atoms with Gasteiger partial charge in [0.05, 0.1) is 16.8 Å². The Hall–Kier alpha value is -2.60. The average molecular weight is 394 g/mol. The Morgan fingerprint density at radius 2 is 1.93 bits per heavy atom. The monoisotopic (exact) mass is 394 g/mol. The third-order valence-corrected chi connectivity index (χ3v) is 7.67. The van der Waals surface area contributed by atoms with E-state index in [0.717, 1.165) is 47.5 Å². The molecule has 6 heteroatoms. The number of nitrogens with zero attached hydrogens (tertiary/aromatic N) is 2. The van der Waals surface area contributed by atoms with Crippen molar-refractivity contribution in [2.24, 2.45) is 0 Å². The van der Waals surface area contributed by atoms with Crippen molar-refractivity contribution in [2.45, 2.75) is 50.0 Å². The Labute approximate surface area is 165 Å². The SMILES string of the molecule is Cc1ccc(-c2cnc(C3CC3)o2)cc1S(=O)(=O)N1c2ccccc2C[C@@H]1C. The standard InChI is InChI=1S/C22H22N2O3S/c1-14-7-8-18(20-13-23-22(27-20)16-9-10-16)12-21(14)28(25,26)24-15(2)11-17-5-3-4-6-19(17)24/h3-8,12-13,15-16H,9-11H2,1-2H3/t15-/m0/s1. The van der Waals surface area contributed by atoms with E-state index >= 15 is 0 Å². The molecule has 5 nitrogen and oxygen atoms in total. The lowest BCUT2D eigenvalue weighted by atomic mass is 10.1. The van der Waals surface area contributed by atoms with E-state index in [1.54, 1.807) is 16.6 Å². The van der Waals surface area contributed by atoms with Gasteiger partial charge in [0, 0.05) is 17.5 Å². The summed E-state index contributed by atoms with van der Waals surface area (Å²) in [7, 11) is -3.69. The molecule has 1 saturated carbocycles. The highest BCUT2D eigenvalue weighted by atomic mass is 32.2. The maximum Gasteiger partial charge on any atom is 0.264 e. The minimum Gasteiger partial charge on any atom is -0.440 e. The van der Waals surface area contributed by atoms with Gasteiger partial charge < -0.3 is 4.42 Å². The Morgan fingerprint density at radius 1 is 1.14 bits per heavy atom. The summed E-state index contributed by atoms with van der Waals surface area (Å²) >= 11 is 0.